The molecule has 1 aliphatic heterocycles. The number of carbonyl (C=O) groups excluding carboxylic acids is 1. The summed E-state index contributed by atoms with van der Waals surface area (Å²) in [6.45, 7) is 14.5. The number of aryl methyl sites for hydroxylation is 3. The van der Waals surface area contributed by atoms with E-state index >= 15 is 0 Å². The molecule has 0 radical (unpaired) electrons. The van der Waals surface area contributed by atoms with Crippen molar-refractivity contribution in [2.75, 3.05) is 24.5 Å². The molecule has 1 atom stereocenters. The number of anilines is 1. The zero-order valence-corrected chi connectivity index (χ0v) is 25.2. The van der Waals surface area contributed by atoms with E-state index in [9.17, 15) is 19.6 Å². The second kappa shape index (κ2) is 11.3. The fourth-order valence-corrected chi connectivity index (χ4v) is 5.75. The molecule has 0 aromatic carbocycles. The van der Waals surface area contributed by atoms with Gasteiger partial charge in [-0.1, -0.05) is 20.4 Å². The second-order valence-electron chi connectivity index (χ2n) is 11.3. The van der Waals surface area contributed by atoms with Crippen LogP contribution in [0.4, 0.5) is 5.82 Å². The summed E-state index contributed by atoms with van der Waals surface area (Å²) >= 11 is 0. The summed E-state index contributed by atoms with van der Waals surface area (Å²) < 4.78 is 2.94. The van der Waals surface area contributed by atoms with Crippen LogP contribution < -0.4 is 16.1 Å². The summed E-state index contributed by atoms with van der Waals surface area (Å²) in [6.07, 6.45) is 4.65. The van der Waals surface area contributed by atoms with E-state index in [1.165, 1.54) is 15.2 Å². The number of hydrogen-bond acceptors (Lipinski definition) is 8. The number of fused-ring (bicyclic) bond motifs is 1. The first-order valence-electron chi connectivity index (χ1n) is 14.2. The Labute approximate surface area is 249 Å². The fourth-order valence-electron chi connectivity index (χ4n) is 5.75. The van der Waals surface area contributed by atoms with Gasteiger partial charge in [0.2, 0.25) is 5.91 Å². The van der Waals surface area contributed by atoms with E-state index in [0.29, 0.717) is 64.7 Å². The minimum atomic E-state index is -0.530. The van der Waals surface area contributed by atoms with Crippen LogP contribution in [-0.4, -0.2) is 60.6 Å². The lowest BCUT2D eigenvalue weighted by atomic mass is 10.0. The summed E-state index contributed by atoms with van der Waals surface area (Å²) in [5, 5.41) is 10.8. The Hall–Kier alpha value is -5.11. The van der Waals surface area contributed by atoms with Crippen LogP contribution in [0, 0.1) is 25.2 Å². The number of piperazine rings is 1. The number of nitriles is 1. The van der Waals surface area contributed by atoms with Gasteiger partial charge in [0.1, 0.15) is 11.9 Å². The lowest BCUT2D eigenvalue weighted by molar-refractivity contribution is -0.126. The molecule has 11 heteroatoms. The molecular weight excluding hydrogens is 544 g/mol. The van der Waals surface area contributed by atoms with Crippen LogP contribution in [0.1, 0.15) is 49.1 Å². The molecule has 11 nitrogen and oxygen atoms in total. The van der Waals surface area contributed by atoms with Crippen molar-refractivity contribution in [1.82, 2.24) is 29.0 Å². The number of carbonyl (C=O) groups is 1. The molecule has 1 amide bonds. The first-order valence-corrected chi connectivity index (χ1v) is 14.2. The van der Waals surface area contributed by atoms with Gasteiger partial charge in [0.05, 0.1) is 28.0 Å². The highest BCUT2D eigenvalue weighted by molar-refractivity contribution is 5.92. The maximum atomic E-state index is 14.1. The van der Waals surface area contributed by atoms with Crippen molar-refractivity contribution in [3.63, 3.8) is 0 Å². The quantitative estimate of drug-likeness (QED) is 0.330. The van der Waals surface area contributed by atoms with Crippen LogP contribution in [0.2, 0.25) is 0 Å². The molecule has 1 aliphatic rings. The number of hydrogen-bond donors (Lipinski definition) is 0. The van der Waals surface area contributed by atoms with E-state index in [2.05, 4.69) is 22.6 Å². The van der Waals surface area contributed by atoms with Gasteiger partial charge in [-0.2, -0.15) is 10.2 Å². The third kappa shape index (κ3) is 5.09. The van der Waals surface area contributed by atoms with E-state index in [1.807, 2.05) is 38.7 Å². The Balaban J connectivity index is 1.86. The predicted octanol–water partition coefficient (Wildman–Crippen LogP) is 3.38. The Bertz CT molecular complexity index is 1920. The first-order chi connectivity index (χ1) is 20.5. The zero-order chi connectivity index (χ0) is 31.2. The van der Waals surface area contributed by atoms with E-state index in [0.717, 1.165) is 5.56 Å². The van der Waals surface area contributed by atoms with Crippen molar-refractivity contribution in [3.8, 4) is 23.0 Å². The minimum absolute atomic E-state index is 0.00354. The van der Waals surface area contributed by atoms with Gasteiger partial charge in [0, 0.05) is 56.2 Å². The van der Waals surface area contributed by atoms with Gasteiger partial charge in [-0.15, -0.1) is 0 Å². The predicted molar refractivity (Wildman–Crippen MR) is 165 cm³/mol. The average molecular weight is 579 g/mol. The summed E-state index contributed by atoms with van der Waals surface area (Å²) in [7, 11) is 1.65. The van der Waals surface area contributed by atoms with Crippen molar-refractivity contribution < 1.29 is 4.79 Å². The Kier molecular flexibility index (Phi) is 7.71. The topological polar surface area (TPSA) is 130 Å². The molecule has 0 saturated carbocycles. The summed E-state index contributed by atoms with van der Waals surface area (Å²) in [6, 6.07) is 7.35. The number of nitrogens with zero attached hydrogens (tertiary/aromatic N) is 8. The van der Waals surface area contributed by atoms with Gasteiger partial charge in [-0.3, -0.25) is 14.6 Å². The average Bonchev–Trinajstić information content (AvgIpc) is 2.98. The molecule has 4 aromatic heterocycles. The van der Waals surface area contributed by atoms with E-state index in [4.69, 9.17) is 4.98 Å². The molecule has 0 spiro atoms. The van der Waals surface area contributed by atoms with Crippen LogP contribution >= 0.6 is 0 Å². The third-order valence-electron chi connectivity index (χ3n) is 7.91. The smallest absolute Gasteiger partial charge is 0.350 e. The second-order valence-corrected chi connectivity index (χ2v) is 11.3. The summed E-state index contributed by atoms with van der Waals surface area (Å²) in [4.78, 5) is 56.7. The molecule has 4 aromatic rings. The number of amides is 1. The minimum Gasteiger partial charge on any atom is -0.350 e. The van der Waals surface area contributed by atoms with Gasteiger partial charge in [-0.25, -0.2) is 14.3 Å². The van der Waals surface area contributed by atoms with Crippen molar-refractivity contribution in [2.45, 2.75) is 46.6 Å². The standard InChI is InChI=1S/C32H34N8O3/c1-8-25(41)38-11-12-39(21(6)16-38)29-24-14-22(15-33)27(23-13-20(5)31(42)37(7)17-23)35-30(24)40(32(43)36-29)28-19(4)9-10-34-26(28)18(2)3/h8-10,13-14,17-18,21H,1,11-12,16H2,2-7H3/t21-/m0/s1. The Morgan fingerprint density at radius 1 is 1.16 bits per heavy atom. The lowest BCUT2D eigenvalue weighted by Crippen LogP contribution is -2.54. The van der Waals surface area contributed by atoms with Crippen molar-refractivity contribution in [2.24, 2.45) is 7.05 Å². The van der Waals surface area contributed by atoms with Crippen molar-refractivity contribution >= 4 is 22.8 Å². The maximum Gasteiger partial charge on any atom is 0.355 e. The highest BCUT2D eigenvalue weighted by Gasteiger charge is 2.30. The summed E-state index contributed by atoms with van der Waals surface area (Å²) in [5.41, 5.74) is 3.49. The van der Waals surface area contributed by atoms with Crippen molar-refractivity contribution in [1.29, 1.82) is 5.26 Å². The summed E-state index contributed by atoms with van der Waals surface area (Å²) in [5.74, 6) is 0.240. The molecule has 0 aliphatic carbocycles. The monoisotopic (exact) mass is 578 g/mol. The highest BCUT2D eigenvalue weighted by Crippen LogP contribution is 2.33. The molecule has 220 valence electrons. The fraction of sp³-hybridized carbons (Fsp3) is 0.344. The molecule has 1 saturated heterocycles. The number of rotatable bonds is 5. The van der Waals surface area contributed by atoms with Crippen LogP contribution in [0.3, 0.4) is 0 Å². The molecule has 5 rings (SSSR count). The van der Waals surface area contributed by atoms with Crippen molar-refractivity contribution in [3.05, 3.63) is 86.5 Å². The first kappa shape index (κ1) is 29.4. The number of aromatic nitrogens is 5. The highest BCUT2D eigenvalue weighted by atomic mass is 16.2. The molecule has 0 unspecified atom stereocenters. The van der Waals surface area contributed by atoms with Gasteiger partial charge in [0.15, 0.2) is 5.65 Å². The molecule has 0 bridgehead atoms. The molecule has 43 heavy (non-hydrogen) atoms. The van der Waals surface area contributed by atoms with Gasteiger partial charge in [0.25, 0.3) is 5.56 Å². The Morgan fingerprint density at radius 3 is 2.53 bits per heavy atom. The van der Waals surface area contributed by atoms with E-state index in [-0.39, 0.29) is 29.0 Å². The molecule has 0 N–H and O–H groups in total. The van der Waals surface area contributed by atoms with Gasteiger partial charge >= 0.3 is 5.69 Å². The SMILES string of the molecule is C=CC(=O)N1CCN(c2nc(=O)n(-c3c(C)ccnc3C(C)C)c3nc(-c4cc(C)c(=O)n(C)c4)c(C#N)cc23)[C@@H](C)C1. The molecule has 1 fully saturated rings. The van der Waals surface area contributed by atoms with Crippen LogP contribution in [0.5, 0.6) is 0 Å². The number of pyridine rings is 3. The zero-order valence-electron chi connectivity index (χ0n) is 25.2. The van der Waals surface area contributed by atoms with Gasteiger partial charge in [-0.05, 0) is 56.5 Å². The lowest BCUT2D eigenvalue weighted by Gasteiger charge is -2.40. The van der Waals surface area contributed by atoms with Crippen LogP contribution in [0.25, 0.3) is 28.0 Å². The van der Waals surface area contributed by atoms with E-state index in [1.54, 1.807) is 43.4 Å². The van der Waals surface area contributed by atoms with Gasteiger partial charge < -0.3 is 14.4 Å². The molecule has 5 heterocycles. The van der Waals surface area contributed by atoms with E-state index < -0.39 is 5.69 Å². The van der Waals surface area contributed by atoms with Crippen LogP contribution in [-0.2, 0) is 11.8 Å². The largest absolute Gasteiger partial charge is 0.355 e. The Morgan fingerprint density at radius 2 is 1.91 bits per heavy atom. The third-order valence-corrected chi connectivity index (χ3v) is 7.91. The molecular formula is C32H34N8O3. The van der Waals surface area contributed by atoms with Crippen LogP contribution in [0.15, 0.2) is 52.8 Å². The normalized spacial score (nSPS) is 15.2. The maximum absolute atomic E-state index is 14.1.